The van der Waals surface area contributed by atoms with Gasteiger partial charge >= 0.3 is 0 Å². The van der Waals surface area contributed by atoms with E-state index in [1.165, 1.54) is 18.2 Å². The maximum absolute atomic E-state index is 13.9. The predicted octanol–water partition coefficient (Wildman–Crippen LogP) is 3.37. The molecule has 26 heavy (non-hydrogen) atoms. The van der Waals surface area contributed by atoms with Crippen molar-refractivity contribution in [1.82, 2.24) is 9.80 Å². The van der Waals surface area contributed by atoms with Gasteiger partial charge in [-0.2, -0.15) is 0 Å². The van der Waals surface area contributed by atoms with Gasteiger partial charge in [0.2, 0.25) is 5.91 Å². The maximum atomic E-state index is 13.9. The summed E-state index contributed by atoms with van der Waals surface area (Å²) in [6.07, 6.45) is 0. The van der Waals surface area contributed by atoms with Crippen LogP contribution in [0.3, 0.4) is 0 Å². The second kappa shape index (κ2) is 8.58. The van der Waals surface area contributed by atoms with Crippen molar-refractivity contribution >= 4 is 23.2 Å². The summed E-state index contributed by atoms with van der Waals surface area (Å²) in [5.74, 6) is -0.862. The largest absolute Gasteiger partial charge is 0.325 e. The van der Waals surface area contributed by atoms with E-state index in [1.54, 1.807) is 24.3 Å². The smallest absolute Gasteiger partial charge is 0.238 e. The topological polar surface area (TPSA) is 35.6 Å². The van der Waals surface area contributed by atoms with Crippen LogP contribution in [0.4, 0.5) is 14.5 Å². The SMILES string of the molecule is O=C(CN1CCN(Cc2c(F)cccc2Cl)CC1)Nc1cccc(F)c1. The average molecular weight is 380 g/mol. The van der Waals surface area contributed by atoms with Crippen molar-refractivity contribution in [2.24, 2.45) is 0 Å². The van der Waals surface area contributed by atoms with E-state index >= 15 is 0 Å². The number of nitrogens with one attached hydrogen (secondary N) is 1. The summed E-state index contributed by atoms with van der Waals surface area (Å²) >= 11 is 6.08. The first-order chi connectivity index (χ1) is 12.5. The molecular weight excluding hydrogens is 360 g/mol. The Balaban J connectivity index is 1.47. The molecule has 1 aliphatic rings. The molecule has 0 aromatic heterocycles. The summed E-state index contributed by atoms with van der Waals surface area (Å²) in [5, 5.41) is 3.13. The molecule has 1 heterocycles. The van der Waals surface area contributed by atoms with Crippen LogP contribution in [0.25, 0.3) is 0 Å². The number of halogens is 3. The second-order valence-electron chi connectivity index (χ2n) is 6.31. The van der Waals surface area contributed by atoms with Gasteiger partial charge < -0.3 is 5.32 Å². The Bertz CT molecular complexity index is 759. The van der Waals surface area contributed by atoms with Gasteiger partial charge in [0.15, 0.2) is 0 Å². The average Bonchev–Trinajstić information content (AvgIpc) is 2.60. The summed E-state index contributed by atoms with van der Waals surface area (Å²) in [4.78, 5) is 16.2. The highest BCUT2D eigenvalue weighted by atomic mass is 35.5. The lowest BCUT2D eigenvalue weighted by molar-refractivity contribution is -0.117. The van der Waals surface area contributed by atoms with Crippen LogP contribution in [0, 0.1) is 11.6 Å². The lowest BCUT2D eigenvalue weighted by Crippen LogP contribution is -2.48. The first-order valence-electron chi connectivity index (χ1n) is 8.44. The number of hydrogen-bond donors (Lipinski definition) is 1. The molecule has 0 unspecified atom stereocenters. The van der Waals surface area contributed by atoms with Gasteiger partial charge in [-0.1, -0.05) is 23.7 Å². The van der Waals surface area contributed by atoms with Crippen molar-refractivity contribution in [3.05, 3.63) is 64.7 Å². The minimum atomic E-state index is -0.386. The van der Waals surface area contributed by atoms with E-state index in [0.717, 1.165) is 13.1 Å². The van der Waals surface area contributed by atoms with Gasteiger partial charge in [-0.05, 0) is 30.3 Å². The highest BCUT2D eigenvalue weighted by Gasteiger charge is 2.20. The summed E-state index contributed by atoms with van der Waals surface area (Å²) in [6, 6.07) is 10.5. The Labute approximate surface area is 156 Å². The number of piperazine rings is 1. The summed E-state index contributed by atoms with van der Waals surface area (Å²) in [7, 11) is 0. The standard InChI is InChI=1S/C19H20ClF2N3O/c20-17-5-2-6-18(22)16(17)12-24-7-9-25(10-8-24)13-19(26)23-15-4-1-3-14(21)11-15/h1-6,11H,7-10,12-13H2,(H,23,26). The predicted molar refractivity (Wildman–Crippen MR) is 98.2 cm³/mol. The minimum Gasteiger partial charge on any atom is -0.325 e. The molecule has 4 nitrogen and oxygen atoms in total. The number of carbonyl (C=O) groups excluding carboxylic acids is 1. The number of anilines is 1. The van der Waals surface area contributed by atoms with E-state index in [1.807, 2.05) is 4.90 Å². The molecule has 0 radical (unpaired) electrons. The Morgan fingerprint density at radius 2 is 1.73 bits per heavy atom. The van der Waals surface area contributed by atoms with Gasteiger partial charge in [-0.3, -0.25) is 14.6 Å². The van der Waals surface area contributed by atoms with Crippen molar-refractivity contribution in [3.63, 3.8) is 0 Å². The first kappa shape index (κ1) is 18.8. The maximum Gasteiger partial charge on any atom is 0.238 e. The zero-order valence-electron chi connectivity index (χ0n) is 14.2. The Hall–Kier alpha value is -2.02. The zero-order chi connectivity index (χ0) is 18.5. The molecule has 1 saturated heterocycles. The van der Waals surface area contributed by atoms with Crippen LogP contribution in [0.1, 0.15) is 5.56 Å². The number of nitrogens with zero attached hydrogens (tertiary/aromatic N) is 2. The highest BCUT2D eigenvalue weighted by molar-refractivity contribution is 6.31. The van der Waals surface area contributed by atoms with Crippen molar-refractivity contribution in [1.29, 1.82) is 0 Å². The fourth-order valence-corrected chi connectivity index (χ4v) is 3.21. The number of hydrogen-bond acceptors (Lipinski definition) is 3. The third-order valence-electron chi connectivity index (χ3n) is 4.38. The zero-order valence-corrected chi connectivity index (χ0v) is 15.0. The van der Waals surface area contributed by atoms with Crippen LogP contribution in [0.15, 0.2) is 42.5 Å². The van der Waals surface area contributed by atoms with E-state index in [2.05, 4.69) is 10.2 Å². The van der Waals surface area contributed by atoms with Crippen LogP contribution in [0.5, 0.6) is 0 Å². The van der Waals surface area contributed by atoms with Gasteiger partial charge in [0.1, 0.15) is 11.6 Å². The molecular formula is C19H20ClF2N3O. The van der Waals surface area contributed by atoms with E-state index in [0.29, 0.717) is 35.9 Å². The van der Waals surface area contributed by atoms with Crippen molar-refractivity contribution < 1.29 is 13.6 Å². The van der Waals surface area contributed by atoms with Crippen LogP contribution in [-0.4, -0.2) is 48.4 Å². The first-order valence-corrected chi connectivity index (χ1v) is 8.82. The molecule has 7 heteroatoms. The van der Waals surface area contributed by atoms with Gasteiger partial charge in [0.05, 0.1) is 6.54 Å². The lowest BCUT2D eigenvalue weighted by Gasteiger charge is -2.34. The van der Waals surface area contributed by atoms with Gasteiger partial charge in [-0.15, -0.1) is 0 Å². The fraction of sp³-hybridized carbons (Fsp3) is 0.316. The number of benzene rings is 2. The molecule has 1 amide bonds. The van der Waals surface area contributed by atoms with E-state index in [9.17, 15) is 13.6 Å². The second-order valence-corrected chi connectivity index (χ2v) is 6.72. The van der Waals surface area contributed by atoms with Crippen LogP contribution in [0.2, 0.25) is 5.02 Å². The molecule has 0 spiro atoms. The Morgan fingerprint density at radius 3 is 2.42 bits per heavy atom. The van der Waals surface area contributed by atoms with Gasteiger partial charge in [-0.25, -0.2) is 8.78 Å². The molecule has 1 aliphatic heterocycles. The molecule has 138 valence electrons. The molecule has 0 saturated carbocycles. The number of carbonyl (C=O) groups is 1. The molecule has 2 aromatic carbocycles. The molecule has 0 atom stereocenters. The third kappa shape index (κ3) is 5.00. The van der Waals surface area contributed by atoms with Crippen molar-refractivity contribution in [3.8, 4) is 0 Å². The monoisotopic (exact) mass is 379 g/mol. The normalized spacial score (nSPS) is 15.8. The molecule has 2 aromatic rings. The molecule has 1 N–H and O–H groups in total. The lowest BCUT2D eigenvalue weighted by atomic mass is 10.2. The molecule has 0 aliphatic carbocycles. The number of amides is 1. The molecule has 0 bridgehead atoms. The van der Waals surface area contributed by atoms with Gasteiger partial charge in [0, 0.05) is 49.0 Å². The van der Waals surface area contributed by atoms with Crippen LogP contribution < -0.4 is 5.32 Å². The van der Waals surface area contributed by atoms with E-state index < -0.39 is 0 Å². The highest BCUT2D eigenvalue weighted by Crippen LogP contribution is 2.21. The van der Waals surface area contributed by atoms with Crippen molar-refractivity contribution in [2.45, 2.75) is 6.54 Å². The minimum absolute atomic E-state index is 0.179. The number of rotatable bonds is 5. The third-order valence-corrected chi connectivity index (χ3v) is 4.74. The molecule has 3 rings (SSSR count). The molecule has 1 fully saturated rings. The fourth-order valence-electron chi connectivity index (χ4n) is 2.98. The summed E-state index contributed by atoms with van der Waals surface area (Å²) < 4.78 is 27.0. The summed E-state index contributed by atoms with van der Waals surface area (Å²) in [5.41, 5.74) is 0.953. The van der Waals surface area contributed by atoms with E-state index in [4.69, 9.17) is 11.6 Å². The summed E-state index contributed by atoms with van der Waals surface area (Å²) in [6.45, 7) is 3.53. The van der Waals surface area contributed by atoms with Crippen LogP contribution >= 0.6 is 11.6 Å². The van der Waals surface area contributed by atoms with Gasteiger partial charge in [0.25, 0.3) is 0 Å². The Kier molecular flexibility index (Phi) is 6.19. The quantitative estimate of drug-likeness (QED) is 0.865. The van der Waals surface area contributed by atoms with Crippen molar-refractivity contribution in [2.75, 3.05) is 38.0 Å². The van der Waals surface area contributed by atoms with Crippen LogP contribution in [-0.2, 0) is 11.3 Å². The Morgan fingerprint density at radius 1 is 1.04 bits per heavy atom. The van der Waals surface area contributed by atoms with E-state index in [-0.39, 0.29) is 24.1 Å².